The van der Waals surface area contributed by atoms with Gasteiger partial charge in [-0.2, -0.15) is 0 Å². The molecule has 0 spiro atoms. The number of unbranched alkanes of at least 4 members (excludes halogenated alkanes) is 1. The number of fused-ring (bicyclic) bond motifs is 1. The number of benzene rings is 1. The van der Waals surface area contributed by atoms with E-state index in [-0.39, 0.29) is 37.7 Å². The SMILES string of the molecule is CCCCN(CCCO)C(=O)CN1CC(c2ccc3c(c2)OCO3)C(C(=O)O)C1CCN1CCC(C)(C)C1=O. The Morgan fingerprint density at radius 1 is 1.15 bits per heavy atom. The van der Waals surface area contributed by atoms with E-state index in [1.807, 2.05) is 41.8 Å². The van der Waals surface area contributed by atoms with E-state index in [4.69, 9.17) is 9.47 Å². The first-order valence-electron chi connectivity index (χ1n) is 14.2. The maximum Gasteiger partial charge on any atom is 0.308 e. The summed E-state index contributed by atoms with van der Waals surface area (Å²) in [5.74, 6) is -0.728. The smallest absolute Gasteiger partial charge is 0.308 e. The number of hydrogen-bond donors (Lipinski definition) is 2. The van der Waals surface area contributed by atoms with Gasteiger partial charge in [0.2, 0.25) is 18.6 Å². The third-order valence-corrected chi connectivity index (χ3v) is 8.48. The fourth-order valence-corrected chi connectivity index (χ4v) is 6.13. The number of amides is 2. The van der Waals surface area contributed by atoms with Gasteiger partial charge < -0.3 is 29.5 Å². The van der Waals surface area contributed by atoms with Crippen LogP contribution in [0.4, 0.5) is 0 Å². The van der Waals surface area contributed by atoms with Crippen LogP contribution in [0.15, 0.2) is 18.2 Å². The van der Waals surface area contributed by atoms with Gasteiger partial charge in [-0.05, 0) is 43.4 Å². The van der Waals surface area contributed by atoms with Gasteiger partial charge in [0, 0.05) is 56.7 Å². The minimum Gasteiger partial charge on any atom is -0.481 e. The topological polar surface area (TPSA) is 120 Å². The summed E-state index contributed by atoms with van der Waals surface area (Å²) in [5.41, 5.74) is 0.437. The Kier molecular flexibility index (Phi) is 9.38. The molecule has 3 aliphatic heterocycles. The molecule has 2 fully saturated rings. The van der Waals surface area contributed by atoms with Gasteiger partial charge in [0.05, 0.1) is 12.5 Å². The second kappa shape index (κ2) is 12.6. The quantitative estimate of drug-likeness (QED) is 0.388. The van der Waals surface area contributed by atoms with Crippen molar-refractivity contribution in [3.8, 4) is 11.5 Å². The van der Waals surface area contributed by atoms with E-state index in [0.717, 1.165) is 24.8 Å². The first-order chi connectivity index (χ1) is 18.7. The lowest BCUT2D eigenvalue weighted by molar-refractivity contribution is -0.144. The normalized spacial score (nSPS) is 23.9. The van der Waals surface area contributed by atoms with Crippen molar-refractivity contribution in [2.24, 2.45) is 11.3 Å². The van der Waals surface area contributed by atoms with E-state index in [0.29, 0.717) is 57.1 Å². The summed E-state index contributed by atoms with van der Waals surface area (Å²) < 4.78 is 11.0. The van der Waals surface area contributed by atoms with E-state index >= 15 is 0 Å². The number of ether oxygens (including phenoxy) is 2. The summed E-state index contributed by atoms with van der Waals surface area (Å²) in [5, 5.41) is 19.8. The number of rotatable bonds is 13. The van der Waals surface area contributed by atoms with Crippen molar-refractivity contribution >= 4 is 17.8 Å². The van der Waals surface area contributed by atoms with E-state index < -0.39 is 23.3 Å². The average molecular weight is 546 g/mol. The number of likely N-dealkylation sites (tertiary alicyclic amines) is 2. The van der Waals surface area contributed by atoms with E-state index in [2.05, 4.69) is 6.92 Å². The molecular formula is C29H43N3O7. The van der Waals surface area contributed by atoms with Crippen LogP contribution in [0.1, 0.15) is 64.4 Å². The molecule has 1 aromatic rings. The van der Waals surface area contributed by atoms with Crippen molar-refractivity contribution in [2.45, 2.75) is 64.8 Å². The van der Waals surface area contributed by atoms with Crippen molar-refractivity contribution in [1.29, 1.82) is 0 Å². The van der Waals surface area contributed by atoms with Gasteiger partial charge in [-0.25, -0.2) is 0 Å². The molecule has 2 saturated heterocycles. The number of carbonyl (C=O) groups excluding carboxylic acids is 2. The maximum absolute atomic E-state index is 13.5. The molecule has 0 aromatic heterocycles. The van der Waals surface area contributed by atoms with Gasteiger partial charge in [-0.15, -0.1) is 0 Å². The van der Waals surface area contributed by atoms with Crippen LogP contribution in [0.2, 0.25) is 0 Å². The zero-order chi connectivity index (χ0) is 28.2. The molecule has 3 atom stereocenters. The summed E-state index contributed by atoms with van der Waals surface area (Å²) >= 11 is 0. The van der Waals surface area contributed by atoms with Crippen LogP contribution < -0.4 is 9.47 Å². The zero-order valence-corrected chi connectivity index (χ0v) is 23.4. The predicted octanol–water partition coefficient (Wildman–Crippen LogP) is 2.54. The Labute approximate surface area is 230 Å². The van der Waals surface area contributed by atoms with Crippen LogP contribution in [0.3, 0.4) is 0 Å². The molecule has 0 radical (unpaired) electrons. The van der Waals surface area contributed by atoms with E-state index in [1.54, 1.807) is 4.90 Å². The first-order valence-corrected chi connectivity index (χ1v) is 14.2. The molecule has 0 saturated carbocycles. The fourth-order valence-electron chi connectivity index (χ4n) is 6.13. The van der Waals surface area contributed by atoms with Gasteiger partial charge in [0.15, 0.2) is 11.5 Å². The molecule has 1 aromatic carbocycles. The molecule has 3 unspecified atom stereocenters. The summed E-state index contributed by atoms with van der Waals surface area (Å²) in [6.45, 7) is 8.82. The van der Waals surface area contributed by atoms with Crippen molar-refractivity contribution in [2.75, 3.05) is 52.7 Å². The van der Waals surface area contributed by atoms with E-state index in [9.17, 15) is 24.6 Å². The minimum atomic E-state index is -0.909. The molecule has 0 bridgehead atoms. The van der Waals surface area contributed by atoms with Crippen molar-refractivity contribution in [3.05, 3.63) is 23.8 Å². The summed E-state index contributed by atoms with van der Waals surface area (Å²) in [7, 11) is 0. The van der Waals surface area contributed by atoms with Crippen LogP contribution in [-0.2, 0) is 14.4 Å². The number of carboxylic acids is 1. The van der Waals surface area contributed by atoms with Crippen molar-refractivity contribution in [1.82, 2.24) is 14.7 Å². The molecule has 3 aliphatic rings. The van der Waals surface area contributed by atoms with Gasteiger partial charge in [-0.3, -0.25) is 19.3 Å². The summed E-state index contributed by atoms with van der Waals surface area (Å²) in [4.78, 5) is 44.7. The van der Waals surface area contributed by atoms with Gasteiger partial charge in [0.1, 0.15) is 0 Å². The number of carboxylic acid groups (broad SMARTS) is 1. The van der Waals surface area contributed by atoms with Gasteiger partial charge in [0.25, 0.3) is 0 Å². The highest BCUT2D eigenvalue weighted by atomic mass is 16.7. The molecule has 39 heavy (non-hydrogen) atoms. The molecule has 2 N–H and O–H groups in total. The number of hydrogen-bond acceptors (Lipinski definition) is 7. The van der Waals surface area contributed by atoms with Crippen molar-refractivity contribution < 1.29 is 34.1 Å². The number of aliphatic carboxylic acids is 1. The second-order valence-corrected chi connectivity index (χ2v) is 11.6. The van der Waals surface area contributed by atoms with Crippen LogP contribution in [0.5, 0.6) is 11.5 Å². The zero-order valence-electron chi connectivity index (χ0n) is 23.4. The van der Waals surface area contributed by atoms with E-state index in [1.165, 1.54) is 0 Å². The molecule has 0 aliphatic carbocycles. The highest BCUT2D eigenvalue weighted by Gasteiger charge is 2.48. The van der Waals surface area contributed by atoms with Crippen LogP contribution in [0.25, 0.3) is 0 Å². The Balaban J connectivity index is 1.58. The largest absolute Gasteiger partial charge is 0.481 e. The number of nitrogens with zero attached hydrogens (tertiary/aromatic N) is 3. The predicted molar refractivity (Wildman–Crippen MR) is 145 cm³/mol. The first kappa shape index (κ1) is 29.1. The molecule has 3 heterocycles. The fraction of sp³-hybridized carbons (Fsp3) is 0.690. The molecule has 10 nitrogen and oxygen atoms in total. The highest BCUT2D eigenvalue weighted by molar-refractivity contribution is 5.84. The van der Waals surface area contributed by atoms with Crippen LogP contribution in [0, 0.1) is 11.3 Å². The second-order valence-electron chi connectivity index (χ2n) is 11.6. The standard InChI is InChI=1S/C29H43N3O7/c1-4-5-11-30(12-6-15-33)25(34)18-32-17-21(20-7-8-23-24(16-20)39-19-38-23)26(27(35)36)22(32)9-13-31-14-10-29(2,3)28(31)37/h7-8,16,21-22,26,33H,4-6,9-15,17-19H2,1-3H3,(H,35,36). The lowest BCUT2D eigenvalue weighted by Crippen LogP contribution is -2.46. The average Bonchev–Trinajstić information content (AvgIpc) is 3.58. The third-order valence-electron chi connectivity index (χ3n) is 8.48. The number of aliphatic hydroxyl groups is 1. The third kappa shape index (κ3) is 6.49. The maximum atomic E-state index is 13.5. The number of aliphatic hydroxyl groups excluding tert-OH is 1. The van der Waals surface area contributed by atoms with Crippen molar-refractivity contribution in [3.63, 3.8) is 0 Å². The van der Waals surface area contributed by atoms with Gasteiger partial charge >= 0.3 is 5.97 Å². The lowest BCUT2D eigenvalue weighted by Gasteiger charge is -2.31. The van der Waals surface area contributed by atoms with Crippen LogP contribution >= 0.6 is 0 Å². The Morgan fingerprint density at radius 2 is 1.90 bits per heavy atom. The van der Waals surface area contributed by atoms with Crippen LogP contribution in [-0.4, -0.2) is 101 Å². The number of carbonyl (C=O) groups is 3. The molecular weight excluding hydrogens is 502 g/mol. The van der Waals surface area contributed by atoms with Gasteiger partial charge in [-0.1, -0.05) is 33.3 Å². The summed E-state index contributed by atoms with van der Waals surface area (Å²) in [6, 6.07) is 5.14. The minimum absolute atomic E-state index is 0.00965. The Hall–Kier alpha value is -2.85. The lowest BCUT2D eigenvalue weighted by atomic mass is 9.84. The Morgan fingerprint density at radius 3 is 2.56 bits per heavy atom. The summed E-state index contributed by atoms with van der Waals surface area (Å²) in [6.07, 6.45) is 3.56. The Bertz CT molecular complexity index is 1040. The molecule has 2 amide bonds. The molecule has 4 rings (SSSR count). The monoisotopic (exact) mass is 545 g/mol. The highest BCUT2D eigenvalue weighted by Crippen LogP contribution is 2.43. The molecule has 10 heteroatoms. The molecule has 216 valence electrons.